The Balaban J connectivity index is 1.93. The molecular weight excluding hydrogens is 396 g/mol. The molecule has 1 heterocycles. The molecule has 4 rings (SSSR count). The highest BCUT2D eigenvalue weighted by Crippen LogP contribution is 2.48. The molecule has 0 aromatic heterocycles. The van der Waals surface area contributed by atoms with Gasteiger partial charge in [0.1, 0.15) is 5.75 Å². The number of aryl methyl sites for hydroxylation is 1. The molecular formula is C24H24N2O5. The first-order chi connectivity index (χ1) is 14.6. The van der Waals surface area contributed by atoms with Crippen LogP contribution < -0.4 is 4.90 Å². The smallest absolute Gasteiger partial charge is 0.271 e. The number of amides is 1. The summed E-state index contributed by atoms with van der Waals surface area (Å²) >= 11 is 0. The lowest BCUT2D eigenvalue weighted by Gasteiger charge is -2.43. The first kappa shape index (κ1) is 20.8. The molecule has 7 heteroatoms. The maximum absolute atomic E-state index is 13.4. The summed E-state index contributed by atoms with van der Waals surface area (Å²) in [4.78, 5) is 39.1. The van der Waals surface area contributed by atoms with Gasteiger partial charge in [-0.3, -0.25) is 24.6 Å². The largest absolute Gasteiger partial charge is 0.508 e. The SMILES string of the molecule is Cc1ccc([N+](=O)[O-])cc1N1C(=O)CC(c2ccc(O)cc2)C2=C1CC(C)(C)CC2=O. The first-order valence-corrected chi connectivity index (χ1v) is 10.2. The van der Waals surface area contributed by atoms with Crippen molar-refractivity contribution in [1.82, 2.24) is 0 Å². The van der Waals surface area contributed by atoms with Crippen molar-refractivity contribution in [3.05, 3.63) is 75.0 Å². The average molecular weight is 420 g/mol. The third-order valence-corrected chi connectivity index (χ3v) is 6.08. The van der Waals surface area contributed by atoms with E-state index in [0.717, 1.165) is 11.1 Å². The zero-order valence-corrected chi connectivity index (χ0v) is 17.7. The number of hydrogen-bond donors (Lipinski definition) is 1. The number of carbonyl (C=O) groups excluding carboxylic acids is 2. The van der Waals surface area contributed by atoms with E-state index in [0.29, 0.717) is 29.8 Å². The molecule has 0 radical (unpaired) electrons. The van der Waals surface area contributed by atoms with Crippen LogP contribution in [-0.4, -0.2) is 21.7 Å². The Hall–Kier alpha value is -3.48. The van der Waals surface area contributed by atoms with Gasteiger partial charge in [0.2, 0.25) is 5.91 Å². The second-order valence-corrected chi connectivity index (χ2v) is 9.11. The van der Waals surface area contributed by atoms with Crippen molar-refractivity contribution < 1.29 is 19.6 Å². The van der Waals surface area contributed by atoms with E-state index in [1.54, 1.807) is 37.3 Å². The van der Waals surface area contributed by atoms with Gasteiger partial charge in [-0.25, -0.2) is 0 Å². The summed E-state index contributed by atoms with van der Waals surface area (Å²) in [5.74, 6) is -0.497. The summed E-state index contributed by atoms with van der Waals surface area (Å²) in [5, 5.41) is 21.0. The van der Waals surface area contributed by atoms with E-state index in [2.05, 4.69) is 0 Å². The Labute approximate surface area is 180 Å². The Morgan fingerprint density at radius 2 is 1.77 bits per heavy atom. The number of benzene rings is 2. The van der Waals surface area contributed by atoms with Crippen molar-refractivity contribution in [2.75, 3.05) is 4.90 Å². The van der Waals surface area contributed by atoms with E-state index < -0.39 is 10.8 Å². The van der Waals surface area contributed by atoms with Crippen LogP contribution in [0, 0.1) is 22.5 Å². The quantitative estimate of drug-likeness (QED) is 0.569. The molecule has 0 spiro atoms. The Morgan fingerprint density at radius 1 is 1.10 bits per heavy atom. The van der Waals surface area contributed by atoms with Gasteiger partial charge in [0.25, 0.3) is 5.69 Å². The van der Waals surface area contributed by atoms with Gasteiger partial charge in [0.15, 0.2) is 5.78 Å². The maximum Gasteiger partial charge on any atom is 0.271 e. The lowest BCUT2D eigenvalue weighted by molar-refractivity contribution is -0.384. The topological polar surface area (TPSA) is 101 Å². The molecule has 0 saturated heterocycles. The number of hydrogen-bond acceptors (Lipinski definition) is 5. The molecule has 1 amide bonds. The number of aromatic hydroxyl groups is 1. The van der Waals surface area contributed by atoms with Gasteiger partial charge >= 0.3 is 0 Å². The second-order valence-electron chi connectivity index (χ2n) is 9.11. The summed E-state index contributed by atoms with van der Waals surface area (Å²) < 4.78 is 0. The standard InChI is InChI=1S/C24H24N2O5/c1-14-4-7-16(26(30)31)10-19(14)25-20-12-24(2,3)13-21(28)23(20)18(11-22(25)29)15-5-8-17(27)9-6-15/h4-10,18,27H,11-13H2,1-3H3. The average Bonchev–Trinajstić information content (AvgIpc) is 2.67. The van der Waals surface area contributed by atoms with Gasteiger partial charge in [-0.2, -0.15) is 0 Å². The van der Waals surface area contributed by atoms with Crippen LogP contribution in [0.3, 0.4) is 0 Å². The molecule has 1 unspecified atom stereocenters. The van der Waals surface area contributed by atoms with E-state index in [1.807, 2.05) is 13.8 Å². The highest BCUT2D eigenvalue weighted by atomic mass is 16.6. The maximum atomic E-state index is 13.4. The molecule has 0 bridgehead atoms. The third-order valence-electron chi connectivity index (χ3n) is 6.08. The van der Waals surface area contributed by atoms with Gasteiger partial charge in [-0.1, -0.05) is 32.0 Å². The third kappa shape index (κ3) is 3.71. The van der Waals surface area contributed by atoms with E-state index in [9.17, 15) is 24.8 Å². The first-order valence-electron chi connectivity index (χ1n) is 10.2. The van der Waals surface area contributed by atoms with Crippen molar-refractivity contribution in [2.45, 2.75) is 46.0 Å². The molecule has 1 atom stereocenters. The summed E-state index contributed by atoms with van der Waals surface area (Å²) in [5.41, 5.74) is 2.75. The fourth-order valence-electron chi connectivity index (χ4n) is 4.64. The van der Waals surface area contributed by atoms with Crippen LogP contribution in [0.25, 0.3) is 0 Å². The minimum Gasteiger partial charge on any atom is -0.508 e. The van der Waals surface area contributed by atoms with Crippen LogP contribution in [-0.2, 0) is 9.59 Å². The molecule has 0 saturated carbocycles. The van der Waals surface area contributed by atoms with Crippen molar-refractivity contribution >= 4 is 23.1 Å². The van der Waals surface area contributed by atoms with Crippen molar-refractivity contribution in [1.29, 1.82) is 0 Å². The number of nitro groups is 1. The van der Waals surface area contributed by atoms with Crippen molar-refractivity contribution in [2.24, 2.45) is 5.41 Å². The van der Waals surface area contributed by atoms with Crippen molar-refractivity contribution in [3.8, 4) is 5.75 Å². The molecule has 0 fully saturated rings. The summed E-state index contributed by atoms with van der Waals surface area (Å²) in [6.45, 7) is 5.78. The molecule has 1 aliphatic heterocycles. The van der Waals surface area contributed by atoms with E-state index in [1.165, 1.54) is 17.0 Å². The summed E-state index contributed by atoms with van der Waals surface area (Å²) in [6.07, 6.45) is 0.963. The normalized spacial score (nSPS) is 20.6. The van der Waals surface area contributed by atoms with Crippen LogP contribution in [0.2, 0.25) is 0 Å². The van der Waals surface area contributed by atoms with Crippen LogP contribution in [0.5, 0.6) is 5.75 Å². The highest BCUT2D eigenvalue weighted by Gasteiger charge is 2.44. The van der Waals surface area contributed by atoms with E-state index in [4.69, 9.17) is 0 Å². The van der Waals surface area contributed by atoms with E-state index in [-0.39, 0.29) is 35.0 Å². The number of non-ortho nitro benzene ring substituents is 1. The van der Waals surface area contributed by atoms with Crippen LogP contribution in [0.1, 0.15) is 50.2 Å². The fraction of sp³-hybridized carbons (Fsp3) is 0.333. The number of phenolic OH excluding ortho intramolecular Hbond substituents is 1. The minimum absolute atomic E-state index is 0.00934. The number of ketones is 1. The number of phenols is 1. The molecule has 160 valence electrons. The Morgan fingerprint density at radius 3 is 2.42 bits per heavy atom. The Bertz CT molecular complexity index is 1130. The van der Waals surface area contributed by atoms with Crippen LogP contribution >= 0.6 is 0 Å². The second kappa shape index (κ2) is 7.34. The van der Waals surface area contributed by atoms with Gasteiger partial charge in [0, 0.05) is 42.2 Å². The lowest BCUT2D eigenvalue weighted by atomic mass is 9.69. The fourth-order valence-corrected chi connectivity index (χ4v) is 4.64. The Kier molecular flexibility index (Phi) is 4.92. The number of allylic oxidation sites excluding steroid dienone is 2. The number of carbonyl (C=O) groups is 2. The van der Waals surface area contributed by atoms with Crippen molar-refractivity contribution in [3.63, 3.8) is 0 Å². The van der Waals surface area contributed by atoms with E-state index >= 15 is 0 Å². The highest BCUT2D eigenvalue weighted by molar-refractivity contribution is 6.08. The summed E-state index contributed by atoms with van der Waals surface area (Å²) in [7, 11) is 0. The molecule has 2 aliphatic rings. The minimum atomic E-state index is -0.484. The van der Waals surface area contributed by atoms with Crippen LogP contribution in [0.15, 0.2) is 53.7 Å². The molecule has 31 heavy (non-hydrogen) atoms. The summed E-state index contributed by atoms with van der Waals surface area (Å²) in [6, 6.07) is 11.0. The molecule has 1 N–H and O–H groups in total. The molecule has 7 nitrogen and oxygen atoms in total. The van der Waals surface area contributed by atoms with Gasteiger partial charge in [0.05, 0.1) is 10.6 Å². The van der Waals surface area contributed by atoms with Crippen LogP contribution in [0.4, 0.5) is 11.4 Å². The zero-order valence-electron chi connectivity index (χ0n) is 17.7. The number of Topliss-reactive ketones (excluding diaryl/α,β-unsaturated/α-hetero) is 1. The van der Waals surface area contributed by atoms with Gasteiger partial charge in [-0.05, 0) is 42.0 Å². The lowest BCUT2D eigenvalue weighted by Crippen LogP contribution is -2.44. The molecule has 1 aliphatic carbocycles. The molecule has 2 aromatic carbocycles. The number of rotatable bonds is 3. The number of anilines is 1. The van der Waals surface area contributed by atoms with Gasteiger partial charge < -0.3 is 5.11 Å². The van der Waals surface area contributed by atoms with Gasteiger partial charge in [-0.15, -0.1) is 0 Å². The number of nitro benzene ring substituents is 1. The monoisotopic (exact) mass is 420 g/mol. The number of nitrogens with zero attached hydrogens (tertiary/aromatic N) is 2. The predicted molar refractivity (Wildman–Crippen MR) is 116 cm³/mol. The predicted octanol–water partition coefficient (Wildman–Crippen LogP) is 4.77. The molecule has 2 aromatic rings. The zero-order chi connectivity index (χ0) is 22.5.